The second-order valence-corrected chi connectivity index (χ2v) is 11.5. The van der Waals surface area contributed by atoms with Crippen LogP contribution in [-0.2, 0) is 0 Å². The highest BCUT2D eigenvalue weighted by molar-refractivity contribution is 6.13. The monoisotopic (exact) mass is 573 g/mol. The molecule has 0 amide bonds. The summed E-state index contributed by atoms with van der Waals surface area (Å²) in [6.45, 7) is 0. The fourth-order valence-electron chi connectivity index (χ4n) is 6.68. The summed E-state index contributed by atoms with van der Waals surface area (Å²) in [5.41, 5.74) is 9.65. The molecule has 0 spiro atoms. The first-order valence-corrected chi connectivity index (χ1v) is 15.2. The molecule has 6 aromatic carbocycles. The summed E-state index contributed by atoms with van der Waals surface area (Å²) < 4.78 is 2.20. The molecule has 0 saturated heterocycles. The fourth-order valence-corrected chi connectivity index (χ4v) is 6.68. The Hall–Kier alpha value is -6.06. The Morgan fingerprint density at radius 1 is 0.444 bits per heavy atom. The SMILES string of the molecule is c1ccc(-c2nc3c4ccccc4ccn3c2-c2ccc(-c3ccc(-c4cc5ccccc5c5ccccc45)cc3)cc2)nc1. The zero-order valence-corrected chi connectivity index (χ0v) is 24.4. The van der Waals surface area contributed by atoms with Gasteiger partial charge in [0.1, 0.15) is 11.3 Å². The van der Waals surface area contributed by atoms with E-state index in [1.807, 2.05) is 24.4 Å². The summed E-state index contributed by atoms with van der Waals surface area (Å²) >= 11 is 0. The molecule has 3 heterocycles. The molecule has 0 unspecified atom stereocenters. The molecule has 0 aliphatic carbocycles. The van der Waals surface area contributed by atoms with Crippen LogP contribution in [0.25, 0.3) is 82.9 Å². The van der Waals surface area contributed by atoms with E-state index in [2.05, 4.69) is 149 Å². The molecule has 45 heavy (non-hydrogen) atoms. The van der Waals surface area contributed by atoms with Gasteiger partial charge < -0.3 is 0 Å². The van der Waals surface area contributed by atoms with Gasteiger partial charge in [-0.1, -0.05) is 127 Å². The van der Waals surface area contributed by atoms with Crippen LogP contribution >= 0.6 is 0 Å². The van der Waals surface area contributed by atoms with Crippen LogP contribution in [0, 0.1) is 0 Å². The minimum Gasteiger partial charge on any atom is -0.298 e. The van der Waals surface area contributed by atoms with Crippen LogP contribution in [0.4, 0.5) is 0 Å². The van der Waals surface area contributed by atoms with Gasteiger partial charge in [-0.2, -0.15) is 0 Å². The molecule has 3 nitrogen and oxygen atoms in total. The van der Waals surface area contributed by atoms with Crippen LogP contribution in [0.1, 0.15) is 0 Å². The summed E-state index contributed by atoms with van der Waals surface area (Å²) in [6.07, 6.45) is 3.95. The summed E-state index contributed by atoms with van der Waals surface area (Å²) in [5, 5.41) is 7.41. The van der Waals surface area contributed by atoms with Gasteiger partial charge in [-0.05, 0) is 73.5 Å². The van der Waals surface area contributed by atoms with Crippen molar-refractivity contribution in [2.75, 3.05) is 0 Å². The Balaban J connectivity index is 1.12. The first-order valence-electron chi connectivity index (χ1n) is 15.2. The van der Waals surface area contributed by atoms with Gasteiger partial charge in [0.25, 0.3) is 0 Å². The maximum Gasteiger partial charge on any atom is 0.145 e. The minimum absolute atomic E-state index is 0.862. The van der Waals surface area contributed by atoms with E-state index in [1.165, 1.54) is 49.2 Å². The molecule has 0 saturated carbocycles. The van der Waals surface area contributed by atoms with E-state index in [0.29, 0.717) is 0 Å². The third-order valence-electron chi connectivity index (χ3n) is 8.88. The number of hydrogen-bond donors (Lipinski definition) is 0. The lowest BCUT2D eigenvalue weighted by Gasteiger charge is -2.12. The number of imidazole rings is 1. The molecule has 210 valence electrons. The molecular formula is C42H27N3. The van der Waals surface area contributed by atoms with Crippen LogP contribution in [0.2, 0.25) is 0 Å². The molecule has 3 aromatic heterocycles. The number of aromatic nitrogens is 3. The van der Waals surface area contributed by atoms with Crippen LogP contribution < -0.4 is 0 Å². The average molecular weight is 574 g/mol. The van der Waals surface area contributed by atoms with Gasteiger partial charge in [0.2, 0.25) is 0 Å². The highest BCUT2D eigenvalue weighted by atomic mass is 15.0. The summed E-state index contributed by atoms with van der Waals surface area (Å²) in [6, 6.07) is 54.0. The molecular weight excluding hydrogens is 546 g/mol. The predicted molar refractivity (Wildman–Crippen MR) is 187 cm³/mol. The first kappa shape index (κ1) is 25.4. The quantitative estimate of drug-likeness (QED) is 0.196. The zero-order chi connectivity index (χ0) is 29.7. The number of benzene rings is 6. The maximum atomic E-state index is 5.15. The van der Waals surface area contributed by atoms with Gasteiger partial charge >= 0.3 is 0 Å². The van der Waals surface area contributed by atoms with Gasteiger partial charge in [-0.15, -0.1) is 0 Å². The van der Waals surface area contributed by atoms with E-state index in [1.54, 1.807) is 0 Å². The maximum absolute atomic E-state index is 5.15. The van der Waals surface area contributed by atoms with Gasteiger partial charge in [0.15, 0.2) is 0 Å². The van der Waals surface area contributed by atoms with Crippen molar-refractivity contribution in [3.05, 3.63) is 164 Å². The lowest BCUT2D eigenvalue weighted by atomic mass is 9.92. The van der Waals surface area contributed by atoms with Gasteiger partial charge in [-0.25, -0.2) is 4.98 Å². The van der Waals surface area contributed by atoms with Crippen molar-refractivity contribution >= 4 is 38.0 Å². The Kier molecular flexibility index (Phi) is 5.82. The molecule has 0 N–H and O–H groups in total. The Morgan fingerprint density at radius 2 is 1.04 bits per heavy atom. The van der Waals surface area contributed by atoms with Gasteiger partial charge in [-0.3, -0.25) is 9.38 Å². The smallest absolute Gasteiger partial charge is 0.145 e. The lowest BCUT2D eigenvalue weighted by molar-refractivity contribution is 1.21. The van der Waals surface area contributed by atoms with Crippen molar-refractivity contribution in [2.24, 2.45) is 0 Å². The lowest BCUT2D eigenvalue weighted by Crippen LogP contribution is -1.91. The second-order valence-electron chi connectivity index (χ2n) is 11.5. The molecule has 0 radical (unpaired) electrons. The minimum atomic E-state index is 0.862. The van der Waals surface area contributed by atoms with E-state index >= 15 is 0 Å². The summed E-state index contributed by atoms with van der Waals surface area (Å²) in [5.74, 6) is 0. The van der Waals surface area contributed by atoms with Crippen LogP contribution in [0.5, 0.6) is 0 Å². The molecule has 0 fully saturated rings. The molecule has 9 rings (SSSR count). The highest BCUT2D eigenvalue weighted by Gasteiger charge is 2.18. The topological polar surface area (TPSA) is 30.2 Å². The van der Waals surface area contributed by atoms with E-state index in [-0.39, 0.29) is 0 Å². The first-order chi connectivity index (χ1) is 22.3. The third-order valence-corrected chi connectivity index (χ3v) is 8.88. The van der Waals surface area contributed by atoms with Crippen molar-refractivity contribution in [1.29, 1.82) is 0 Å². The summed E-state index contributed by atoms with van der Waals surface area (Å²) in [4.78, 5) is 9.82. The van der Waals surface area contributed by atoms with Crippen LogP contribution in [0.3, 0.4) is 0 Å². The van der Waals surface area contributed by atoms with Crippen molar-refractivity contribution in [3.63, 3.8) is 0 Å². The highest BCUT2D eigenvalue weighted by Crippen LogP contribution is 2.37. The van der Waals surface area contributed by atoms with E-state index in [0.717, 1.165) is 33.7 Å². The van der Waals surface area contributed by atoms with E-state index in [9.17, 15) is 0 Å². The Bertz CT molecular complexity index is 2510. The summed E-state index contributed by atoms with van der Waals surface area (Å²) in [7, 11) is 0. The van der Waals surface area contributed by atoms with Crippen molar-refractivity contribution in [3.8, 4) is 44.9 Å². The fraction of sp³-hybridized carbons (Fsp3) is 0. The normalized spacial score (nSPS) is 11.6. The van der Waals surface area contributed by atoms with E-state index in [4.69, 9.17) is 4.98 Å². The predicted octanol–water partition coefficient (Wildman–Crippen LogP) is 10.9. The van der Waals surface area contributed by atoms with Gasteiger partial charge in [0.05, 0.1) is 11.4 Å². The Morgan fingerprint density at radius 3 is 1.78 bits per heavy atom. The zero-order valence-electron chi connectivity index (χ0n) is 24.4. The second kappa shape index (κ2) is 10.3. The molecule has 0 aliphatic heterocycles. The van der Waals surface area contributed by atoms with Crippen LogP contribution in [-0.4, -0.2) is 14.4 Å². The standard InChI is InChI=1S/C42H27N3/c1-4-12-35-30(9-1)24-26-45-41(40(44-42(35)45)39-15-7-8-25-43-39)32-22-18-29(19-23-32)28-16-20-31(21-17-28)38-27-33-10-2-3-11-34(33)36-13-5-6-14-37(36)38/h1-27H. The van der Waals surface area contributed by atoms with Gasteiger partial charge in [0, 0.05) is 23.3 Å². The largest absolute Gasteiger partial charge is 0.298 e. The molecule has 0 bridgehead atoms. The molecule has 0 atom stereocenters. The third kappa shape index (κ3) is 4.21. The van der Waals surface area contributed by atoms with Crippen molar-refractivity contribution < 1.29 is 0 Å². The number of fused-ring (bicyclic) bond motifs is 6. The van der Waals surface area contributed by atoms with E-state index < -0.39 is 0 Å². The van der Waals surface area contributed by atoms with Crippen LogP contribution in [0.15, 0.2) is 164 Å². The number of pyridine rings is 2. The van der Waals surface area contributed by atoms with Crippen molar-refractivity contribution in [1.82, 2.24) is 14.4 Å². The average Bonchev–Trinajstić information content (AvgIpc) is 3.52. The molecule has 0 aliphatic rings. The van der Waals surface area contributed by atoms with Crippen molar-refractivity contribution in [2.45, 2.75) is 0 Å². The number of nitrogens with zero attached hydrogens (tertiary/aromatic N) is 3. The number of rotatable bonds is 4. The molecule has 9 aromatic rings. The Labute approximate surface area is 260 Å². The molecule has 3 heteroatoms. The number of hydrogen-bond acceptors (Lipinski definition) is 2.